The first-order valence-corrected chi connectivity index (χ1v) is 12.5. The highest BCUT2D eigenvalue weighted by Gasteiger charge is 2.23. The molecule has 0 aliphatic heterocycles. The van der Waals surface area contributed by atoms with Gasteiger partial charge in [0.2, 0.25) is 0 Å². The molecule has 1 fully saturated rings. The highest BCUT2D eigenvalue weighted by Crippen LogP contribution is 2.40. The molecule has 0 saturated heterocycles. The van der Waals surface area contributed by atoms with Gasteiger partial charge in [-0.05, 0) is 73.4 Å². The molecule has 8 heteroatoms. The zero-order valence-corrected chi connectivity index (χ0v) is 22.1. The molecule has 3 aromatic rings. The monoisotopic (exact) mass is 520 g/mol. The van der Waals surface area contributed by atoms with E-state index in [1.807, 2.05) is 0 Å². The van der Waals surface area contributed by atoms with Crippen LogP contribution in [0.15, 0.2) is 54.6 Å². The van der Waals surface area contributed by atoms with Crippen molar-refractivity contribution in [2.24, 2.45) is 0 Å². The molecule has 0 unspecified atom stereocenters. The van der Waals surface area contributed by atoms with Crippen molar-refractivity contribution >= 4 is 11.9 Å². The third-order valence-corrected chi connectivity index (χ3v) is 6.68. The Kier molecular flexibility index (Phi) is 8.73. The van der Waals surface area contributed by atoms with Crippen LogP contribution in [0.1, 0.15) is 64.3 Å². The number of carbonyl (C=O) groups excluding carboxylic acids is 2. The highest BCUT2D eigenvalue weighted by molar-refractivity contribution is 5.93. The van der Waals surface area contributed by atoms with Crippen molar-refractivity contribution in [3.63, 3.8) is 0 Å². The molecule has 38 heavy (non-hydrogen) atoms. The summed E-state index contributed by atoms with van der Waals surface area (Å²) in [7, 11) is 6.08. The van der Waals surface area contributed by atoms with Crippen molar-refractivity contribution in [3.05, 3.63) is 71.3 Å². The second-order valence-corrected chi connectivity index (χ2v) is 8.95. The zero-order chi connectivity index (χ0) is 27.1. The lowest BCUT2D eigenvalue weighted by Crippen LogP contribution is -2.14. The van der Waals surface area contributed by atoms with Gasteiger partial charge in [0.25, 0.3) is 0 Å². The number of ether oxygens (including phenoxy) is 6. The number of carbonyl (C=O) groups is 2. The fourth-order valence-electron chi connectivity index (χ4n) is 4.67. The molecule has 1 saturated carbocycles. The van der Waals surface area contributed by atoms with Crippen molar-refractivity contribution in [2.75, 3.05) is 28.4 Å². The van der Waals surface area contributed by atoms with Gasteiger partial charge in [0.05, 0.1) is 39.6 Å². The van der Waals surface area contributed by atoms with Gasteiger partial charge in [0.15, 0.2) is 23.0 Å². The lowest BCUT2D eigenvalue weighted by molar-refractivity contribution is 0.0716. The molecule has 3 aromatic carbocycles. The molecule has 0 bridgehead atoms. The van der Waals surface area contributed by atoms with Crippen LogP contribution in [0.2, 0.25) is 0 Å². The van der Waals surface area contributed by atoms with E-state index in [1.165, 1.54) is 34.9 Å². The van der Waals surface area contributed by atoms with Crippen molar-refractivity contribution in [1.82, 2.24) is 0 Å². The number of esters is 2. The molecule has 0 heterocycles. The van der Waals surface area contributed by atoms with Crippen LogP contribution in [-0.4, -0.2) is 40.4 Å². The van der Waals surface area contributed by atoms with Crippen LogP contribution in [0.3, 0.4) is 0 Å². The van der Waals surface area contributed by atoms with Gasteiger partial charge in [0.1, 0.15) is 11.5 Å². The van der Waals surface area contributed by atoms with Crippen LogP contribution in [0, 0.1) is 0 Å². The second kappa shape index (κ2) is 12.4. The van der Waals surface area contributed by atoms with Gasteiger partial charge < -0.3 is 28.4 Å². The Morgan fingerprint density at radius 3 is 1.61 bits per heavy atom. The minimum absolute atomic E-state index is 0.191. The van der Waals surface area contributed by atoms with Gasteiger partial charge in [-0.3, -0.25) is 0 Å². The van der Waals surface area contributed by atoms with Gasteiger partial charge in [-0.15, -0.1) is 0 Å². The summed E-state index contributed by atoms with van der Waals surface area (Å²) in [6, 6.07) is 14.8. The summed E-state index contributed by atoms with van der Waals surface area (Å²) in [6.07, 6.45) is 5.28. The molecule has 1 aliphatic carbocycles. The molecule has 0 N–H and O–H groups in total. The zero-order valence-electron chi connectivity index (χ0n) is 22.1. The minimum Gasteiger partial charge on any atom is -0.493 e. The fraction of sp³-hybridized carbons (Fsp3) is 0.333. The molecule has 0 amide bonds. The summed E-state index contributed by atoms with van der Waals surface area (Å²) in [5, 5.41) is 0. The first-order chi connectivity index (χ1) is 18.5. The lowest BCUT2D eigenvalue weighted by Gasteiger charge is -2.24. The van der Waals surface area contributed by atoms with Gasteiger partial charge in [0, 0.05) is 5.56 Å². The van der Waals surface area contributed by atoms with Gasteiger partial charge in [-0.1, -0.05) is 19.3 Å². The van der Waals surface area contributed by atoms with Gasteiger partial charge in [-0.25, -0.2) is 9.59 Å². The van der Waals surface area contributed by atoms with E-state index in [2.05, 4.69) is 0 Å². The number of benzene rings is 3. The molecule has 0 atom stereocenters. The van der Waals surface area contributed by atoms with Crippen LogP contribution in [0.4, 0.5) is 0 Å². The summed E-state index contributed by atoms with van der Waals surface area (Å²) in [5.74, 6) is 1.87. The first-order valence-electron chi connectivity index (χ1n) is 12.5. The molecule has 200 valence electrons. The Balaban J connectivity index is 1.59. The lowest BCUT2D eigenvalue weighted by atomic mass is 9.83. The van der Waals surface area contributed by atoms with Crippen LogP contribution in [0.25, 0.3) is 0 Å². The van der Waals surface area contributed by atoms with E-state index >= 15 is 0 Å². The first kappa shape index (κ1) is 26.9. The van der Waals surface area contributed by atoms with E-state index in [4.69, 9.17) is 28.4 Å². The molecule has 8 nitrogen and oxygen atoms in total. The van der Waals surface area contributed by atoms with Crippen molar-refractivity contribution in [3.8, 4) is 34.5 Å². The second-order valence-electron chi connectivity index (χ2n) is 8.95. The predicted octanol–water partition coefficient (Wildman–Crippen LogP) is 6.21. The summed E-state index contributed by atoms with van der Waals surface area (Å²) in [4.78, 5) is 26.0. The van der Waals surface area contributed by atoms with E-state index in [9.17, 15) is 9.59 Å². The average Bonchev–Trinajstić information content (AvgIpc) is 2.97. The predicted molar refractivity (Wildman–Crippen MR) is 141 cm³/mol. The number of hydrogen-bond donors (Lipinski definition) is 0. The normalized spacial score (nSPS) is 13.4. The van der Waals surface area contributed by atoms with Crippen LogP contribution in [-0.2, 0) is 0 Å². The fourth-order valence-corrected chi connectivity index (χ4v) is 4.67. The van der Waals surface area contributed by atoms with Crippen molar-refractivity contribution in [1.29, 1.82) is 0 Å². The van der Waals surface area contributed by atoms with Gasteiger partial charge >= 0.3 is 11.9 Å². The summed E-state index contributed by atoms with van der Waals surface area (Å²) < 4.78 is 32.7. The Morgan fingerprint density at radius 1 is 0.579 bits per heavy atom. The molecular weight excluding hydrogens is 488 g/mol. The maximum atomic E-state index is 13.1. The molecule has 4 rings (SSSR count). The van der Waals surface area contributed by atoms with E-state index in [1.54, 1.807) is 54.6 Å². The summed E-state index contributed by atoms with van der Waals surface area (Å²) in [5.41, 5.74) is 1.50. The van der Waals surface area contributed by atoms with E-state index in [-0.39, 0.29) is 5.92 Å². The van der Waals surface area contributed by atoms with E-state index in [0.29, 0.717) is 45.6 Å². The Hall–Kier alpha value is -4.20. The standard InChI is InChI=1S/C30H32O8/c1-33-25-13-10-20(16-27(25)35-3)29(31)37-22-12-15-24(23(18-22)19-8-6-5-7-9-19)38-30(32)21-11-14-26(34-2)28(17-21)36-4/h10-19H,5-9H2,1-4H3. The summed E-state index contributed by atoms with van der Waals surface area (Å²) >= 11 is 0. The molecule has 0 spiro atoms. The van der Waals surface area contributed by atoms with Crippen LogP contribution >= 0.6 is 0 Å². The SMILES string of the molecule is COc1ccc(C(=O)Oc2ccc(OC(=O)c3ccc(OC)c(OC)c3)c(C3CCCCC3)c2)cc1OC. The highest BCUT2D eigenvalue weighted by atomic mass is 16.5. The minimum atomic E-state index is -0.532. The number of hydrogen-bond acceptors (Lipinski definition) is 8. The smallest absolute Gasteiger partial charge is 0.343 e. The topological polar surface area (TPSA) is 89.5 Å². The maximum absolute atomic E-state index is 13.1. The quantitative estimate of drug-likeness (QED) is 0.243. The van der Waals surface area contributed by atoms with E-state index < -0.39 is 11.9 Å². The molecule has 1 aliphatic rings. The number of rotatable bonds is 9. The molecule has 0 radical (unpaired) electrons. The Bertz CT molecular complexity index is 1290. The van der Waals surface area contributed by atoms with Crippen molar-refractivity contribution < 1.29 is 38.0 Å². The summed E-state index contributed by atoms with van der Waals surface area (Å²) in [6.45, 7) is 0. The van der Waals surface area contributed by atoms with E-state index in [0.717, 1.165) is 31.2 Å². The Morgan fingerprint density at radius 2 is 1.08 bits per heavy atom. The maximum Gasteiger partial charge on any atom is 0.343 e. The number of methoxy groups -OCH3 is 4. The van der Waals surface area contributed by atoms with Crippen LogP contribution in [0.5, 0.6) is 34.5 Å². The third-order valence-electron chi connectivity index (χ3n) is 6.68. The Labute approximate surface area is 222 Å². The molecular formula is C30H32O8. The third kappa shape index (κ3) is 6.02. The average molecular weight is 521 g/mol. The van der Waals surface area contributed by atoms with Crippen LogP contribution < -0.4 is 28.4 Å². The largest absolute Gasteiger partial charge is 0.493 e. The molecule has 0 aromatic heterocycles. The van der Waals surface area contributed by atoms with Crippen molar-refractivity contribution in [2.45, 2.75) is 38.0 Å². The van der Waals surface area contributed by atoms with Gasteiger partial charge in [-0.2, -0.15) is 0 Å².